The summed E-state index contributed by atoms with van der Waals surface area (Å²) in [5, 5.41) is 9.01. The summed E-state index contributed by atoms with van der Waals surface area (Å²) in [6.07, 6.45) is 0.659. The fraction of sp³-hybridized carbons (Fsp3) is 0.294. The Morgan fingerprint density at radius 2 is 1.85 bits per heavy atom. The Labute approximate surface area is 118 Å². The highest BCUT2D eigenvalue weighted by Gasteiger charge is 2.08. The van der Waals surface area contributed by atoms with Crippen LogP contribution in [-0.2, 0) is 13.0 Å². The molecule has 0 spiro atoms. The summed E-state index contributed by atoms with van der Waals surface area (Å²) < 4.78 is 19.4. The maximum absolute atomic E-state index is 13.9. The van der Waals surface area contributed by atoms with E-state index in [1.807, 2.05) is 43.3 Å². The first-order valence-electron chi connectivity index (χ1n) is 6.75. The van der Waals surface area contributed by atoms with Gasteiger partial charge in [-0.15, -0.1) is 0 Å². The number of hydrogen-bond acceptors (Lipinski definition) is 2. The topological polar surface area (TPSA) is 29.5 Å². The van der Waals surface area contributed by atoms with E-state index < -0.39 is 0 Å². The first-order chi connectivity index (χ1) is 9.69. The average Bonchev–Trinajstić information content (AvgIpc) is 2.47. The minimum absolute atomic E-state index is 0.105. The molecule has 20 heavy (non-hydrogen) atoms. The molecule has 0 aliphatic rings. The Morgan fingerprint density at radius 3 is 2.50 bits per heavy atom. The number of rotatable bonds is 6. The molecule has 3 heteroatoms. The summed E-state index contributed by atoms with van der Waals surface area (Å²) in [4.78, 5) is 0. The van der Waals surface area contributed by atoms with Crippen LogP contribution < -0.4 is 4.74 Å². The standard InChI is InChI=1S/C17H19FO2/c1-13(11-19)9-15-7-8-17(16(18)10-15)20-12-14-5-3-2-4-6-14/h2-8,10,13,19H,9,11-12H2,1H3/t13-/m0/s1. The summed E-state index contributed by atoms with van der Waals surface area (Å²) in [5.41, 5.74) is 1.88. The second-order valence-electron chi connectivity index (χ2n) is 5.03. The van der Waals surface area contributed by atoms with E-state index in [-0.39, 0.29) is 24.1 Å². The molecule has 0 radical (unpaired) electrons. The molecule has 0 amide bonds. The van der Waals surface area contributed by atoms with E-state index in [2.05, 4.69) is 0 Å². The maximum Gasteiger partial charge on any atom is 0.165 e. The quantitative estimate of drug-likeness (QED) is 0.872. The van der Waals surface area contributed by atoms with E-state index in [1.165, 1.54) is 6.07 Å². The number of ether oxygens (including phenoxy) is 1. The van der Waals surface area contributed by atoms with Gasteiger partial charge in [-0.1, -0.05) is 43.3 Å². The Kier molecular flexibility index (Phi) is 5.13. The number of halogens is 1. The lowest BCUT2D eigenvalue weighted by Gasteiger charge is -2.11. The molecule has 2 nitrogen and oxygen atoms in total. The third-order valence-electron chi connectivity index (χ3n) is 3.13. The highest BCUT2D eigenvalue weighted by atomic mass is 19.1. The van der Waals surface area contributed by atoms with E-state index in [0.29, 0.717) is 13.0 Å². The molecule has 0 aromatic heterocycles. The summed E-state index contributed by atoms with van der Waals surface area (Å²) in [6, 6.07) is 14.6. The minimum atomic E-state index is -0.358. The number of aliphatic hydroxyl groups is 1. The Bertz CT molecular complexity index is 540. The van der Waals surface area contributed by atoms with Crippen molar-refractivity contribution in [3.63, 3.8) is 0 Å². The number of benzene rings is 2. The molecule has 1 N–H and O–H groups in total. The van der Waals surface area contributed by atoms with Gasteiger partial charge < -0.3 is 9.84 Å². The van der Waals surface area contributed by atoms with E-state index in [4.69, 9.17) is 9.84 Å². The van der Waals surface area contributed by atoms with Crippen molar-refractivity contribution in [2.45, 2.75) is 20.0 Å². The molecule has 0 aliphatic heterocycles. The first-order valence-corrected chi connectivity index (χ1v) is 6.75. The van der Waals surface area contributed by atoms with Crippen molar-refractivity contribution in [1.82, 2.24) is 0 Å². The lowest BCUT2D eigenvalue weighted by Crippen LogP contribution is -2.05. The molecule has 0 bridgehead atoms. The monoisotopic (exact) mass is 274 g/mol. The molecule has 1 atom stereocenters. The fourth-order valence-electron chi connectivity index (χ4n) is 1.99. The van der Waals surface area contributed by atoms with Gasteiger partial charge in [0.25, 0.3) is 0 Å². The smallest absolute Gasteiger partial charge is 0.165 e. The molecule has 2 rings (SSSR count). The van der Waals surface area contributed by atoms with Crippen molar-refractivity contribution in [3.8, 4) is 5.75 Å². The largest absolute Gasteiger partial charge is 0.486 e. The lowest BCUT2D eigenvalue weighted by molar-refractivity contribution is 0.237. The second kappa shape index (κ2) is 7.06. The minimum Gasteiger partial charge on any atom is -0.486 e. The molecule has 2 aromatic rings. The van der Waals surface area contributed by atoms with Crippen LogP contribution in [0.15, 0.2) is 48.5 Å². The van der Waals surface area contributed by atoms with Crippen LogP contribution in [0.5, 0.6) is 5.75 Å². The van der Waals surface area contributed by atoms with Gasteiger partial charge in [0, 0.05) is 6.61 Å². The average molecular weight is 274 g/mol. The number of hydrogen-bond donors (Lipinski definition) is 1. The lowest BCUT2D eigenvalue weighted by atomic mass is 10.0. The predicted molar refractivity (Wildman–Crippen MR) is 77.1 cm³/mol. The van der Waals surface area contributed by atoms with E-state index >= 15 is 0 Å². The zero-order chi connectivity index (χ0) is 14.4. The summed E-state index contributed by atoms with van der Waals surface area (Å²) >= 11 is 0. The van der Waals surface area contributed by atoms with Crippen LogP contribution in [0, 0.1) is 11.7 Å². The Hall–Kier alpha value is -1.87. The molecule has 2 aromatic carbocycles. The van der Waals surface area contributed by atoms with Crippen LogP contribution in [0.1, 0.15) is 18.1 Å². The van der Waals surface area contributed by atoms with Crippen molar-refractivity contribution in [3.05, 3.63) is 65.5 Å². The molecule has 0 saturated heterocycles. The van der Waals surface area contributed by atoms with Crippen molar-refractivity contribution in [2.24, 2.45) is 5.92 Å². The predicted octanol–water partition coefficient (Wildman–Crippen LogP) is 3.58. The SMILES string of the molecule is C[C@H](CO)Cc1ccc(OCc2ccccc2)c(F)c1. The van der Waals surface area contributed by atoms with Gasteiger partial charge in [-0.25, -0.2) is 4.39 Å². The fourth-order valence-corrected chi connectivity index (χ4v) is 1.99. The molecular formula is C17H19FO2. The van der Waals surface area contributed by atoms with Crippen molar-refractivity contribution >= 4 is 0 Å². The second-order valence-corrected chi connectivity index (χ2v) is 5.03. The summed E-state index contributed by atoms with van der Waals surface area (Å²) in [5.74, 6) is 0.0308. The van der Waals surface area contributed by atoms with Crippen LogP contribution in [-0.4, -0.2) is 11.7 Å². The number of aliphatic hydroxyl groups excluding tert-OH is 1. The zero-order valence-corrected chi connectivity index (χ0v) is 11.6. The van der Waals surface area contributed by atoms with Crippen LogP contribution in [0.25, 0.3) is 0 Å². The molecule has 0 unspecified atom stereocenters. The highest BCUT2D eigenvalue weighted by Crippen LogP contribution is 2.21. The van der Waals surface area contributed by atoms with Crippen LogP contribution in [0.3, 0.4) is 0 Å². The molecule has 0 fully saturated rings. The van der Waals surface area contributed by atoms with Crippen LogP contribution in [0.4, 0.5) is 4.39 Å². The highest BCUT2D eigenvalue weighted by molar-refractivity contribution is 5.30. The third-order valence-corrected chi connectivity index (χ3v) is 3.13. The van der Waals surface area contributed by atoms with E-state index in [1.54, 1.807) is 6.07 Å². The first kappa shape index (κ1) is 14.5. The molecular weight excluding hydrogens is 255 g/mol. The third kappa shape index (κ3) is 4.07. The van der Waals surface area contributed by atoms with Gasteiger partial charge in [0.05, 0.1) is 0 Å². The maximum atomic E-state index is 13.9. The Balaban J connectivity index is 1.99. The Morgan fingerprint density at radius 1 is 1.10 bits per heavy atom. The van der Waals surface area contributed by atoms with E-state index in [0.717, 1.165) is 11.1 Å². The van der Waals surface area contributed by atoms with Gasteiger partial charge in [0.2, 0.25) is 0 Å². The van der Waals surface area contributed by atoms with Gasteiger partial charge in [-0.2, -0.15) is 0 Å². The normalized spacial score (nSPS) is 12.2. The summed E-state index contributed by atoms with van der Waals surface area (Å²) in [6.45, 7) is 2.38. The van der Waals surface area contributed by atoms with Crippen molar-refractivity contribution in [2.75, 3.05) is 6.61 Å². The molecule has 106 valence electrons. The van der Waals surface area contributed by atoms with Gasteiger partial charge in [0.1, 0.15) is 6.61 Å². The van der Waals surface area contributed by atoms with Crippen LogP contribution in [0.2, 0.25) is 0 Å². The van der Waals surface area contributed by atoms with Crippen molar-refractivity contribution < 1.29 is 14.2 Å². The van der Waals surface area contributed by atoms with Gasteiger partial charge in [-0.3, -0.25) is 0 Å². The van der Waals surface area contributed by atoms with Crippen molar-refractivity contribution in [1.29, 1.82) is 0 Å². The zero-order valence-electron chi connectivity index (χ0n) is 11.6. The summed E-state index contributed by atoms with van der Waals surface area (Å²) in [7, 11) is 0. The van der Waals surface area contributed by atoms with Gasteiger partial charge in [-0.05, 0) is 35.6 Å². The molecule has 0 saturated carbocycles. The molecule has 0 heterocycles. The van der Waals surface area contributed by atoms with Crippen LogP contribution >= 0.6 is 0 Å². The van der Waals surface area contributed by atoms with E-state index in [9.17, 15) is 4.39 Å². The molecule has 0 aliphatic carbocycles. The van der Waals surface area contributed by atoms with Gasteiger partial charge in [0.15, 0.2) is 11.6 Å². The van der Waals surface area contributed by atoms with Gasteiger partial charge >= 0.3 is 0 Å².